The normalized spacial score (nSPS) is 13.5. The minimum Gasteiger partial charge on any atom is -0.486 e. The Morgan fingerprint density at radius 1 is 0.792 bits per heavy atom. The van der Waals surface area contributed by atoms with Crippen molar-refractivity contribution in [3.63, 3.8) is 0 Å². The molecule has 4 heterocycles. The number of hydrogen-bond donors (Lipinski definition) is 0. The Labute approximate surface area is 331 Å². The molecule has 7 aromatic rings. The predicted molar refractivity (Wildman–Crippen MR) is 220 cm³/mol. The van der Waals surface area contributed by atoms with E-state index >= 15 is 0 Å². The van der Waals surface area contributed by atoms with Crippen molar-refractivity contribution in [1.82, 2.24) is 15.0 Å². The fourth-order valence-corrected chi connectivity index (χ4v) is 10.8. The van der Waals surface area contributed by atoms with E-state index in [1.807, 2.05) is 66.9 Å². The van der Waals surface area contributed by atoms with Gasteiger partial charge in [0.15, 0.2) is 0 Å². The molecule has 0 unspecified atom stereocenters. The van der Waals surface area contributed by atoms with Crippen LogP contribution in [0.2, 0.25) is 17.3 Å². The van der Waals surface area contributed by atoms with E-state index in [4.69, 9.17) is 14.4 Å². The van der Waals surface area contributed by atoms with Crippen molar-refractivity contribution in [3.8, 4) is 33.8 Å². The molecule has 6 heteroatoms. The molecule has 0 saturated heterocycles. The zero-order valence-electron chi connectivity index (χ0n) is 31.8. The molecule has 53 heavy (non-hydrogen) atoms. The standard InChI is InChI=1S/C24H34GeN.C23H15N2O.Ir/c1-18(2)14-22-16-24(26-17-23(22)25(3,4)5)21-13-9-12-20(15-21)19-10-7-6-8-11-19;1-15-12-13-24-21(14-15)19-9-5-8-17-18-10-11-20(16-6-3-2-4-7-16)25-23(18)26-22(17)19;/h9,12,15-19H,6-8,10-11,14H2,1-5H3;2-8,10-14H,1H3;/q2*-1;. The first-order valence-corrected chi connectivity index (χ1v) is 26.2. The van der Waals surface area contributed by atoms with Gasteiger partial charge in [0, 0.05) is 37.3 Å². The Morgan fingerprint density at radius 2 is 1.57 bits per heavy atom. The number of nitrogens with zero attached hydrogens (tertiary/aromatic N) is 3. The summed E-state index contributed by atoms with van der Waals surface area (Å²) in [6, 6.07) is 38.0. The van der Waals surface area contributed by atoms with Gasteiger partial charge in [-0.15, -0.1) is 18.2 Å². The van der Waals surface area contributed by atoms with E-state index < -0.39 is 13.3 Å². The number of aromatic nitrogens is 3. The second-order valence-corrected chi connectivity index (χ2v) is 26.3. The summed E-state index contributed by atoms with van der Waals surface area (Å²) in [6.07, 6.45) is 12.0. The van der Waals surface area contributed by atoms with Crippen LogP contribution >= 0.6 is 0 Å². The van der Waals surface area contributed by atoms with E-state index in [-0.39, 0.29) is 20.1 Å². The minimum atomic E-state index is -1.91. The number of furan rings is 1. The van der Waals surface area contributed by atoms with E-state index in [1.165, 1.54) is 48.8 Å². The van der Waals surface area contributed by atoms with Gasteiger partial charge in [0.05, 0.1) is 11.3 Å². The molecule has 1 fully saturated rings. The summed E-state index contributed by atoms with van der Waals surface area (Å²) < 4.78 is 7.72. The van der Waals surface area contributed by atoms with Crippen molar-refractivity contribution in [2.75, 3.05) is 0 Å². The van der Waals surface area contributed by atoms with Crippen molar-refractivity contribution < 1.29 is 24.5 Å². The molecule has 1 aliphatic carbocycles. The Hall–Kier alpha value is -3.90. The van der Waals surface area contributed by atoms with Crippen molar-refractivity contribution in [2.45, 2.75) is 82.5 Å². The van der Waals surface area contributed by atoms with Crippen molar-refractivity contribution in [2.24, 2.45) is 5.92 Å². The Balaban J connectivity index is 0.000000178. The third-order valence-corrected chi connectivity index (χ3v) is 14.5. The first-order chi connectivity index (χ1) is 25.1. The molecule has 0 N–H and O–H groups in total. The Bertz CT molecular complexity index is 2300. The maximum atomic E-state index is 6.16. The van der Waals surface area contributed by atoms with E-state index in [1.54, 1.807) is 4.40 Å². The fraction of sp³-hybridized carbons (Fsp3) is 0.298. The van der Waals surface area contributed by atoms with Crippen LogP contribution in [0.5, 0.6) is 0 Å². The molecule has 4 nitrogen and oxygen atoms in total. The van der Waals surface area contributed by atoms with Gasteiger partial charge in [-0.2, -0.15) is 0 Å². The SMILES string of the molecule is CC(C)Cc1cc(-c2[c-]ccc(C3CCCCC3)c2)nc[c]1[Ge]([CH3])([CH3])[CH3].Cc1ccnc(-c2[c-]ccc3c2oc2nc(-c4ccccc4)ccc23)c1.[Ir]. The maximum absolute atomic E-state index is 6.16. The van der Waals surface area contributed by atoms with Gasteiger partial charge in [0.1, 0.15) is 0 Å². The first-order valence-electron chi connectivity index (χ1n) is 18.9. The molecule has 0 amide bonds. The number of fused-ring (bicyclic) bond motifs is 3. The number of aryl methyl sites for hydroxylation is 1. The number of rotatable bonds is 7. The summed E-state index contributed by atoms with van der Waals surface area (Å²) in [5.74, 6) is 8.81. The summed E-state index contributed by atoms with van der Waals surface area (Å²) in [6.45, 7) is 6.68. The van der Waals surface area contributed by atoms with Crippen molar-refractivity contribution in [3.05, 3.63) is 132 Å². The predicted octanol–water partition coefficient (Wildman–Crippen LogP) is 12.2. The molecule has 0 bridgehead atoms. The molecule has 273 valence electrons. The van der Waals surface area contributed by atoms with Crippen LogP contribution in [0.25, 0.3) is 55.8 Å². The van der Waals surface area contributed by atoms with Gasteiger partial charge in [-0.3, -0.25) is 0 Å². The molecule has 0 aliphatic heterocycles. The summed E-state index contributed by atoms with van der Waals surface area (Å²) in [7, 11) is 0. The van der Waals surface area contributed by atoms with Crippen LogP contribution in [0.15, 0.2) is 108 Å². The summed E-state index contributed by atoms with van der Waals surface area (Å²) in [5.41, 5.74) is 11.5. The average molecular weight is 937 g/mol. The van der Waals surface area contributed by atoms with E-state index in [0.29, 0.717) is 11.6 Å². The zero-order valence-corrected chi connectivity index (χ0v) is 36.3. The van der Waals surface area contributed by atoms with Gasteiger partial charge in [-0.05, 0) is 30.8 Å². The fourth-order valence-electron chi connectivity index (χ4n) is 7.51. The zero-order chi connectivity index (χ0) is 36.2. The van der Waals surface area contributed by atoms with Crippen LogP contribution in [-0.4, -0.2) is 28.2 Å². The molecular weight excluding hydrogens is 887 g/mol. The molecule has 0 spiro atoms. The van der Waals surface area contributed by atoms with Crippen LogP contribution in [0.3, 0.4) is 0 Å². The Kier molecular flexibility index (Phi) is 12.5. The molecule has 1 saturated carbocycles. The quantitative estimate of drug-likeness (QED) is 0.118. The summed E-state index contributed by atoms with van der Waals surface area (Å²) in [4.78, 5) is 14.1. The second kappa shape index (κ2) is 17.1. The number of benzene rings is 3. The summed E-state index contributed by atoms with van der Waals surface area (Å²) >= 11 is -1.91. The molecule has 3 aromatic carbocycles. The van der Waals surface area contributed by atoms with Crippen molar-refractivity contribution >= 4 is 39.7 Å². The molecule has 0 atom stereocenters. The van der Waals surface area contributed by atoms with Crippen LogP contribution in [-0.2, 0) is 26.5 Å². The van der Waals surface area contributed by atoms with Gasteiger partial charge in [0.2, 0.25) is 5.71 Å². The minimum absolute atomic E-state index is 0. The van der Waals surface area contributed by atoms with Crippen LogP contribution < -0.4 is 4.40 Å². The molecule has 8 rings (SSSR count). The first kappa shape index (κ1) is 38.8. The molecule has 1 radical (unpaired) electrons. The third kappa shape index (κ3) is 9.08. The van der Waals surface area contributed by atoms with Gasteiger partial charge in [-0.25, -0.2) is 4.98 Å². The molecule has 4 aromatic heterocycles. The Morgan fingerprint density at radius 3 is 2.30 bits per heavy atom. The molecule has 1 aliphatic rings. The molecular formula is C47H49GeIrN3O-2. The van der Waals surface area contributed by atoms with Crippen molar-refractivity contribution in [1.29, 1.82) is 0 Å². The third-order valence-electron chi connectivity index (χ3n) is 10.1. The monoisotopic (exact) mass is 938 g/mol. The van der Waals surface area contributed by atoms with Crippen LogP contribution in [0.1, 0.15) is 68.6 Å². The van der Waals surface area contributed by atoms with Crippen LogP contribution in [0, 0.1) is 25.0 Å². The second-order valence-electron chi connectivity index (χ2n) is 15.8. The van der Waals surface area contributed by atoms with Gasteiger partial charge in [-0.1, -0.05) is 52.9 Å². The largest absolute Gasteiger partial charge is 0.486 e. The van der Waals surface area contributed by atoms with E-state index in [9.17, 15) is 0 Å². The van der Waals surface area contributed by atoms with E-state index in [2.05, 4.69) is 91.7 Å². The summed E-state index contributed by atoms with van der Waals surface area (Å²) in [5, 5.41) is 2.03. The van der Waals surface area contributed by atoms with Gasteiger partial charge < -0.3 is 9.40 Å². The van der Waals surface area contributed by atoms with Gasteiger partial charge in [0.25, 0.3) is 0 Å². The van der Waals surface area contributed by atoms with Crippen LogP contribution in [0.4, 0.5) is 0 Å². The van der Waals surface area contributed by atoms with E-state index in [0.717, 1.165) is 62.5 Å². The average Bonchev–Trinajstić information content (AvgIpc) is 3.53. The number of pyridine rings is 3. The number of hydrogen-bond acceptors (Lipinski definition) is 4. The smallest absolute Gasteiger partial charge is 0.216 e. The van der Waals surface area contributed by atoms with Gasteiger partial charge >= 0.3 is 163 Å². The maximum Gasteiger partial charge on any atom is 0.216 e. The topological polar surface area (TPSA) is 51.8 Å².